The first-order valence-corrected chi connectivity index (χ1v) is 5.54. The molecule has 0 saturated carbocycles. The zero-order valence-electron chi connectivity index (χ0n) is 9.27. The summed E-state index contributed by atoms with van der Waals surface area (Å²) >= 11 is 5.08. The molecule has 0 fully saturated rings. The number of hydrogen-bond acceptors (Lipinski definition) is 6. The van der Waals surface area contributed by atoms with Gasteiger partial charge in [0.1, 0.15) is 12.1 Å². The minimum Gasteiger partial charge on any atom is -0.363 e. The second-order valence-electron chi connectivity index (χ2n) is 3.19. The predicted molar refractivity (Wildman–Crippen MR) is 69.8 cm³/mol. The van der Waals surface area contributed by atoms with Gasteiger partial charge in [-0.3, -0.25) is 0 Å². The summed E-state index contributed by atoms with van der Waals surface area (Å²) in [6.07, 6.45) is 5.05. The van der Waals surface area contributed by atoms with E-state index < -0.39 is 0 Å². The van der Waals surface area contributed by atoms with Gasteiger partial charge in [-0.15, -0.1) is 5.53 Å². The van der Waals surface area contributed by atoms with Crippen molar-refractivity contribution in [1.29, 1.82) is 0 Å². The molecule has 8 heteroatoms. The molecule has 0 aromatic carbocycles. The summed E-state index contributed by atoms with van der Waals surface area (Å²) in [5, 5.41) is 8.23. The van der Waals surface area contributed by atoms with E-state index in [1.807, 2.05) is 13.1 Å². The van der Waals surface area contributed by atoms with Gasteiger partial charge in [-0.2, -0.15) is 0 Å². The summed E-state index contributed by atoms with van der Waals surface area (Å²) in [6.45, 7) is 2.74. The van der Waals surface area contributed by atoms with Crippen molar-refractivity contribution < 1.29 is 0 Å². The fraction of sp³-hybridized carbons (Fsp3) is 0.222. The maximum Gasteiger partial charge on any atom is 0.171 e. The lowest BCUT2D eigenvalue weighted by Crippen LogP contribution is -2.36. The Labute approximate surface area is 104 Å². The summed E-state index contributed by atoms with van der Waals surface area (Å²) in [4.78, 5) is 8.22. The molecular weight excluding hydrogens is 238 g/mol. The van der Waals surface area contributed by atoms with E-state index in [1.165, 1.54) is 6.33 Å². The van der Waals surface area contributed by atoms with Crippen molar-refractivity contribution in [2.75, 3.05) is 16.9 Å². The fourth-order valence-electron chi connectivity index (χ4n) is 1.26. The molecule has 4 N–H and O–H groups in total. The molecule has 0 saturated heterocycles. The van der Waals surface area contributed by atoms with Crippen molar-refractivity contribution in [3.63, 3.8) is 0 Å². The van der Waals surface area contributed by atoms with Crippen LogP contribution in [0, 0.1) is 0 Å². The van der Waals surface area contributed by atoms with E-state index in [1.54, 1.807) is 17.3 Å². The molecule has 90 valence electrons. The molecule has 1 aromatic heterocycles. The highest BCUT2D eigenvalue weighted by Crippen LogP contribution is 2.13. The normalized spacial score (nSPS) is 13.4. The Morgan fingerprint density at radius 2 is 2.41 bits per heavy atom. The van der Waals surface area contributed by atoms with Crippen molar-refractivity contribution in [3.05, 3.63) is 24.8 Å². The molecule has 1 aromatic rings. The highest BCUT2D eigenvalue weighted by molar-refractivity contribution is 7.80. The van der Waals surface area contributed by atoms with E-state index in [4.69, 9.17) is 12.2 Å². The zero-order chi connectivity index (χ0) is 12.1. The minimum atomic E-state index is 0.542. The van der Waals surface area contributed by atoms with Gasteiger partial charge < -0.3 is 16.1 Å². The monoisotopic (exact) mass is 251 g/mol. The Balaban J connectivity index is 2.06. The second kappa shape index (κ2) is 5.41. The molecule has 0 radical (unpaired) electrons. The van der Waals surface area contributed by atoms with Crippen molar-refractivity contribution in [2.24, 2.45) is 0 Å². The van der Waals surface area contributed by atoms with Gasteiger partial charge in [0.05, 0.1) is 0 Å². The maximum atomic E-state index is 5.08. The van der Waals surface area contributed by atoms with Crippen molar-refractivity contribution in [3.8, 4) is 0 Å². The summed E-state index contributed by atoms with van der Waals surface area (Å²) in [5.74, 6) is 1.35. The largest absolute Gasteiger partial charge is 0.363 e. The number of nitrogens with one attached hydrogen (secondary N) is 4. The zero-order valence-corrected chi connectivity index (χ0v) is 10.1. The lowest BCUT2D eigenvalue weighted by Gasteiger charge is -2.15. The molecule has 1 aliphatic heterocycles. The van der Waals surface area contributed by atoms with Gasteiger partial charge in [-0.25, -0.2) is 15.0 Å². The molecule has 17 heavy (non-hydrogen) atoms. The van der Waals surface area contributed by atoms with Gasteiger partial charge >= 0.3 is 0 Å². The summed E-state index contributed by atoms with van der Waals surface area (Å²) in [5.41, 5.74) is 5.71. The van der Waals surface area contributed by atoms with Crippen LogP contribution < -0.4 is 26.6 Å². The predicted octanol–water partition coefficient (Wildman–Crippen LogP) is 0.0833. The molecule has 2 heterocycles. The van der Waals surface area contributed by atoms with E-state index in [9.17, 15) is 0 Å². The molecule has 1 aliphatic rings. The van der Waals surface area contributed by atoms with E-state index in [0.29, 0.717) is 16.7 Å². The SMILES string of the molecule is CCNC(=S)Nc1cc(N2C=CNN2)ncn1. The average Bonchev–Trinajstić information content (AvgIpc) is 2.83. The molecular formula is C9H13N7S. The lowest BCUT2D eigenvalue weighted by atomic mass is 10.5. The molecule has 2 rings (SSSR count). The molecule has 0 unspecified atom stereocenters. The first kappa shape index (κ1) is 11.6. The summed E-state index contributed by atoms with van der Waals surface area (Å²) in [7, 11) is 0. The van der Waals surface area contributed by atoms with Crippen LogP contribution in [-0.4, -0.2) is 21.6 Å². The third-order valence-electron chi connectivity index (χ3n) is 1.97. The number of anilines is 2. The van der Waals surface area contributed by atoms with E-state index >= 15 is 0 Å². The second-order valence-corrected chi connectivity index (χ2v) is 3.60. The number of aromatic nitrogens is 2. The van der Waals surface area contributed by atoms with E-state index in [0.717, 1.165) is 6.54 Å². The Hall–Kier alpha value is -1.93. The smallest absolute Gasteiger partial charge is 0.171 e. The number of hydrogen-bond donors (Lipinski definition) is 4. The van der Waals surface area contributed by atoms with Crippen LogP contribution in [0.1, 0.15) is 6.92 Å². The van der Waals surface area contributed by atoms with E-state index in [2.05, 4.69) is 31.6 Å². The number of hydrazine groups is 2. The van der Waals surface area contributed by atoms with Crippen LogP contribution in [-0.2, 0) is 0 Å². The first-order valence-electron chi connectivity index (χ1n) is 5.13. The van der Waals surface area contributed by atoms with Gasteiger partial charge in [0.15, 0.2) is 10.9 Å². The van der Waals surface area contributed by atoms with Crippen LogP contribution in [0.3, 0.4) is 0 Å². The van der Waals surface area contributed by atoms with Crippen molar-refractivity contribution in [1.82, 2.24) is 26.2 Å². The Morgan fingerprint density at radius 3 is 3.12 bits per heavy atom. The number of nitrogens with zero attached hydrogens (tertiary/aromatic N) is 3. The van der Waals surface area contributed by atoms with Crippen LogP contribution in [0.25, 0.3) is 0 Å². The van der Waals surface area contributed by atoms with Crippen LogP contribution in [0.5, 0.6) is 0 Å². The minimum absolute atomic E-state index is 0.542. The van der Waals surface area contributed by atoms with Gasteiger partial charge in [0.25, 0.3) is 0 Å². The maximum absolute atomic E-state index is 5.08. The highest BCUT2D eigenvalue weighted by Gasteiger charge is 2.08. The number of thiocarbonyl (C=S) groups is 1. The third-order valence-corrected chi connectivity index (χ3v) is 2.22. The molecule has 0 spiro atoms. The van der Waals surface area contributed by atoms with Crippen molar-refractivity contribution >= 4 is 29.0 Å². The van der Waals surface area contributed by atoms with Crippen molar-refractivity contribution in [2.45, 2.75) is 6.92 Å². The highest BCUT2D eigenvalue weighted by atomic mass is 32.1. The van der Waals surface area contributed by atoms with Crippen LogP contribution in [0.15, 0.2) is 24.8 Å². The molecule has 0 atom stereocenters. The fourth-order valence-corrected chi connectivity index (χ4v) is 1.51. The van der Waals surface area contributed by atoms with Gasteiger partial charge in [0.2, 0.25) is 0 Å². The van der Waals surface area contributed by atoms with Crippen LogP contribution in [0.4, 0.5) is 11.6 Å². The molecule has 0 amide bonds. The molecule has 0 bridgehead atoms. The molecule has 7 nitrogen and oxygen atoms in total. The van der Waals surface area contributed by atoms with Gasteiger partial charge in [0, 0.05) is 25.0 Å². The Morgan fingerprint density at radius 1 is 1.53 bits per heavy atom. The Kier molecular flexibility index (Phi) is 3.68. The van der Waals surface area contributed by atoms with E-state index in [-0.39, 0.29) is 0 Å². The first-order chi connectivity index (χ1) is 8.29. The topological polar surface area (TPSA) is 77.1 Å². The number of rotatable bonds is 3. The average molecular weight is 251 g/mol. The standard InChI is InChI=1S/C9H13N7S/c1-2-10-9(17)14-7-5-8(12-6-11-7)16-4-3-13-15-16/h3-6,13,15H,2H2,1H3,(H2,10,11,12,14,17). The van der Waals surface area contributed by atoms with Gasteiger partial charge in [-0.05, 0) is 19.1 Å². The van der Waals surface area contributed by atoms with Gasteiger partial charge in [-0.1, -0.05) is 0 Å². The lowest BCUT2D eigenvalue weighted by molar-refractivity contribution is 0.672. The third kappa shape index (κ3) is 3.02. The Bertz CT molecular complexity index is 433. The summed E-state index contributed by atoms with van der Waals surface area (Å²) < 4.78 is 0. The van der Waals surface area contributed by atoms with Crippen LogP contribution in [0.2, 0.25) is 0 Å². The van der Waals surface area contributed by atoms with Crippen LogP contribution >= 0.6 is 12.2 Å². The quantitative estimate of drug-likeness (QED) is 0.563. The summed E-state index contributed by atoms with van der Waals surface area (Å²) in [6, 6.07) is 1.79. The molecule has 0 aliphatic carbocycles.